The zero-order valence-corrected chi connectivity index (χ0v) is 28.2. The second kappa shape index (κ2) is 14.4. The topological polar surface area (TPSA) is 51.0 Å². The van der Waals surface area contributed by atoms with Crippen molar-refractivity contribution in [1.82, 2.24) is 15.0 Å². The Morgan fingerprint density at radius 1 is 0.333 bits per heavy atom. The van der Waals surface area contributed by atoms with Gasteiger partial charge in [-0.2, -0.15) is 0 Å². The third kappa shape index (κ3) is 7.17. The van der Waals surface area contributed by atoms with Gasteiger partial charge in [0.1, 0.15) is 0 Å². The summed E-state index contributed by atoms with van der Waals surface area (Å²) >= 11 is 0. The third-order valence-electron chi connectivity index (χ3n) is 8.84. The van der Waals surface area contributed by atoms with Crippen LogP contribution in [0.2, 0.25) is 0 Å². The van der Waals surface area contributed by atoms with E-state index in [4.69, 9.17) is 19.9 Å². The van der Waals surface area contributed by atoms with Crippen molar-refractivity contribution in [3.05, 3.63) is 194 Å². The van der Waals surface area contributed by atoms with Crippen LogP contribution in [-0.4, -0.2) is 20.7 Å². The fourth-order valence-corrected chi connectivity index (χ4v) is 6.24. The van der Waals surface area contributed by atoms with E-state index in [9.17, 15) is 0 Å². The summed E-state index contributed by atoms with van der Waals surface area (Å²) in [5, 5.41) is 0. The number of nitrogens with zero attached hydrogens (tertiary/aromatic N) is 4. The number of hydrogen-bond acceptors (Lipinski definition) is 4. The minimum Gasteiger partial charge on any atom is -0.250 e. The number of aliphatic imine (C=N–C) groups is 1. The molecule has 0 amide bonds. The van der Waals surface area contributed by atoms with E-state index in [2.05, 4.69) is 140 Å². The summed E-state index contributed by atoms with van der Waals surface area (Å²) in [6.45, 7) is 1.97. The van der Waals surface area contributed by atoms with Crippen molar-refractivity contribution in [2.45, 2.75) is 6.92 Å². The molecule has 7 aromatic carbocycles. The van der Waals surface area contributed by atoms with Crippen molar-refractivity contribution in [3.63, 3.8) is 0 Å². The second-order valence-electron chi connectivity index (χ2n) is 12.4. The first-order valence-corrected chi connectivity index (χ1v) is 17.1. The number of benzene rings is 7. The molecule has 8 aromatic rings. The first-order chi connectivity index (χ1) is 25.2. The van der Waals surface area contributed by atoms with Gasteiger partial charge in [0, 0.05) is 11.1 Å². The summed E-state index contributed by atoms with van der Waals surface area (Å²) in [5.74, 6) is 1.70. The summed E-state index contributed by atoms with van der Waals surface area (Å²) in [7, 11) is 0. The normalized spacial score (nSPS) is 11.4. The summed E-state index contributed by atoms with van der Waals surface area (Å²) in [6, 6.07) is 64.8. The van der Waals surface area contributed by atoms with Gasteiger partial charge in [0.15, 0.2) is 17.5 Å². The molecule has 0 spiro atoms. The third-order valence-corrected chi connectivity index (χ3v) is 8.84. The highest BCUT2D eigenvalue weighted by Gasteiger charge is 2.16. The van der Waals surface area contributed by atoms with Crippen LogP contribution in [0.1, 0.15) is 12.7 Å². The molecule has 0 saturated carbocycles. The van der Waals surface area contributed by atoms with E-state index in [0.29, 0.717) is 23.2 Å². The van der Waals surface area contributed by atoms with Crippen molar-refractivity contribution in [2.24, 2.45) is 4.99 Å². The van der Waals surface area contributed by atoms with Crippen LogP contribution in [-0.2, 0) is 0 Å². The van der Waals surface area contributed by atoms with Crippen LogP contribution >= 0.6 is 0 Å². The summed E-state index contributed by atoms with van der Waals surface area (Å²) in [5.41, 5.74) is 12.2. The quantitative estimate of drug-likeness (QED) is 0.153. The highest BCUT2D eigenvalue weighted by molar-refractivity contribution is 5.98. The Morgan fingerprint density at radius 3 is 1.24 bits per heavy atom. The second-order valence-corrected chi connectivity index (χ2v) is 12.4. The first kappa shape index (κ1) is 31.5. The molecule has 0 aliphatic carbocycles. The van der Waals surface area contributed by atoms with E-state index in [1.54, 1.807) is 0 Å². The molecule has 51 heavy (non-hydrogen) atoms. The Kier molecular flexibility index (Phi) is 8.87. The predicted molar refractivity (Wildman–Crippen MR) is 211 cm³/mol. The van der Waals surface area contributed by atoms with Crippen molar-refractivity contribution >= 4 is 11.4 Å². The Morgan fingerprint density at radius 2 is 0.706 bits per heavy atom. The van der Waals surface area contributed by atoms with E-state index in [0.717, 1.165) is 61.3 Å². The minimum atomic E-state index is 0.525. The number of hydrogen-bond donors (Lipinski definition) is 0. The van der Waals surface area contributed by atoms with Gasteiger partial charge in [-0.05, 0) is 87.8 Å². The maximum absolute atomic E-state index is 5.14. The van der Waals surface area contributed by atoms with E-state index in [1.165, 1.54) is 0 Å². The number of aromatic nitrogens is 3. The molecule has 0 fully saturated rings. The average Bonchev–Trinajstić information content (AvgIpc) is 3.22. The molecule has 242 valence electrons. The molecular formula is C47H34N4. The van der Waals surface area contributed by atoms with Gasteiger partial charge in [-0.15, -0.1) is 0 Å². The molecular weight excluding hydrogens is 621 g/mol. The molecule has 1 aromatic heterocycles. The molecule has 8 rings (SSSR count). The van der Waals surface area contributed by atoms with E-state index in [-0.39, 0.29) is 0 Å². The molecule has 0 unspecified atom stereocenters. The zero-order chi connectivity index (χ0) is 34.4. The van der Waals surface area contributed by atoms with Crippen LogP contribution in [0, 0.1) is 0 Å². The molecule has 0 saturated heterocycles. The lowest BCUT2D eigenvalue weighted by atomic mass is 9.96. The zero-order valence-electron chi connectivity index (χ0n) is 28.2. The predicted octanol–water partition coefficient (Wildman–Crippen LogP) is 12.0. The van der Waals surface area contributed by atoms with Crippen molar-refractivity contribution in [3.8, 4) is 67.3 Å². The Balaban J connectivity index is 1.29. The molecule has 0 bridgehead atoms. The largest absolute Gasteiger partial charge is 0.250 e. The van der Waals surface area contributed by atoms with Gasteiger partial charge >= 0.3 is 0 Å². The van der Waals surface area contributed by atoms with E-state index in [1.807, 2.05) is 55.5 Å². The van der Waals surface area contributed by atoms with Gasteiger partial charge < -0.3 is 0 Å². The molecule has 0 aliphatic rings. The van der Waals surface area contributed by atoms with Crippen LogP contribution in [0.25, 0.3) is 67.3 Å². The standard InChI is InChI=1S/C47H34N4/c1-33(48-44-27-15-25-39(32-44)35-18-8-3-9-19-35)45-49-46(40-26-14-24-38(28-40)34-16-6-2-7-17-34)51-47(50-45)43-30-41(36-20-10-4-11-21-36)29-42(31-43)37-22-12-5-13-23-37/h2-32H,1H3. The highest BCUT2D eigenvalue weighted by Crippen LogP contribution is 2.33. The van der Waals surface area contributed by atoms with E-state index >= 15 is 0 Å². The van der Waals surface area contributed by atoms with Crippen molar-refractivity contribution in [2.75, 3.05) is 0 Å². The van der Waals surface area contributed by atoms with Crippen LogP contribution in [0.15, 0.2) is 193 Å². The van der Waals surface area contributed by atoms with Crippen molar-refractivity contribution < 1.29 is 0 Å². The maximum Gasteiger partial charge on any atom is 0.178 e. The van der Waals surface area contributed by atoms with E-state index < -0.39 is 0 Å². The summed E-state index contributed by atoms with van der Waals surface area (Å²) in [4.78, 5) is 20.3. The summed E-state index contributed by atoms with van der Waals surface area (Å²) in [6.07, 6.45) is 0. The van der Waals surface area contributed by atoms with Gasteiger partial charge in [-0.3, -0.25) is 0 Å². The van der Waals surface area contributed by atoms with Gasteiger partial charge in [-0.1, -0.05) is 152 Å². The van der Waals surface area contributed by atoms with Gasteiger partial charge in [-0.25, -0.2) is 19.9 Å². The lowest BCUT2D eigenvalue weighted by Gasteiger charge is -2.13. The average molecular weight is 655 g/mol. The summed E-state index contributed by atoms with van der Waals surface area (Å²) < 4.78 is 0. The first-order valence-electron chi connectivity index (χ1n) is 17.1. The van der Waals surface area contributed by atoms with Gasteiger partial charge in [0.25, 0.3) is 0 Å². The lowest BCUT2D eigenvalue weighted by Crippen LogP contribution is -2.08. The minimum absolute atomic E-state index is 0.525. The molecule has 0 aliphatic heterocycles. The molecule has 4 heteroatoms. The molecule has 0 radical (unpaired) electrons. The molecule has 0 N–H and O–H groups in total. The number of rotatable bonds is 8. The SMILES string of the molecule is CC(=Nc1cccc(-c2ccccc2)c1)c1nc(-c2cccc(-c3ccccc3)c2)nc(-c2cc(-c3ccccc3)cc(-c3ccccc3)c2)n1. The van der Waals surface area contributed by atoms with Gasteiger partial charge in [0.05, 0.1) is 11.4 Å². The molecule has 4 nitrogen and oxygen atoms in total. The fourth-order valence-electron chi connectivity index (χ4n) is 6.24. The van der Waals surface area contributed by atoms with Gasteiger partial charge in [0.2, 0.25) is 0 Å². The van der Waals surface area contributed by atoms with Crippen molar-refractivity contribution in [1.29, 1.82) is 0 Å². The van der Waals surface area contributed by atoms with Crippen LogP contribution in [0.5, 0.6) is 0 Å². The van der Waals surface area contributed by atoms with Crippen LogP contribution < -0.4 is 0 Å². The Hall–Kier alpha value is -6.78. The van der Waals surface area contributed by atoms with Crippen LogP contribution in [0.4, 0.5) is 5.69 Å². The van der Waals surface area contributed by atoms with Crippen LogP contribution in [0.3, 0.4) is 0 Å². The smallest absolute Gasteiger partial charge is 0.178 e. The monoisotopic (exact) mass is 654 g/mol. The highest BCUT2D eigenvalue weighted by atomic mass is 15.0. The maximum atomic E-state index is 5.14. The Bertz CT molecular complexity index is 2400. The molecule has 0 atom stereocenters. The fraction of sp³-hybridized carbons (Fsp3) is 0.0213. The Labute approximate surface area is 298 Å². The lowest BCUT2D eigenvalue weighted by molar-refractivity contribution is 1.04. The molecule has 1 heterocycles.